The number of nitrogens with zero attached hydrogens (tertiary/aromatic N) is 2. The monoisotopic (exact) mass is 246 g/mol. The van der Waals surface area contributed by atoms with E-state index in [1.165, 1.54) is 0 Å². The lowest BCUT2D eigenvalue weighted by atomic mass is 9.60. The number of allylic oxidation sites excluding steroid dienone is 2. The fraction of sp³-hybridized carbons (Fsp3) is 0.733. The number of hydrogen-bond acceptors (Lipinski definition) is 3. The summed E-state index contributed by atoms with van der Waals surface area (Å²) in [7, 11) is 1.71. The Morgan fingerprint density at radius 3 is 2.33 bits per heavy atom. The Bertz CT molecular complexity index is 421. The molecule has 0 saturated heterocycles. The van der Waals surface area contributed by atoms with Gasteiger partial charge in [0.05, 0.1) is 23.7 Å². The maximum Gasteiger partial charge on any atom is 0.0944 e. The van der Waals surface area contributed by atoms with Crippen molar-refractivity contribution >= 4 is 0 Å². The first kappa shape index (κ1) is 14.7. The summed E-state index contributed by atoms with van der Waals surface area (Å²) in [5.74, 6) is 0.0207. The van der Waals surface area contributed by atoms with E-state index < -0.39 is 0 Å². The molecule has 0 bridgehead atoms. The van der Waals surface area contributed by atoms with Crippen LogP contribution in [0.3, 0.4) is 0 Å². The summed E-state index contributed by atoms with van der Waals surface area (Å²) in [5, 5.41) is 18.3. The molecular weight excluding hydrogens is 224 g/mol. The van der Waals surface area contributed by atoms with Crippen LogP contribution >= 0.6 is 0 Å². The van der Waals surface area contributed by atoms with Gasteiger partial charge in [0.25, 0.3) is 0 Å². The van der Waals surface area contributed by atoms with Crippen LogP contribution in [0, 0.1) is 39.9 Å². The van der Waals surface area contributed by atoms with Crippen LogP contribution in [0.4, 0.5) is 0 Å². The summed E-state index contributed by atoms with van der Waals surface area (Å²) in [4.78, 5) is 0. The van der Waals surface area contributed by atoms with Gasteiger partial charge in [0.15, 0.2) is 0 Å². The van der Waals surface area contributed by atoms with Crippen molar-refractivity contribution in [2.24, 2.45) is 17.3 Å². The first-order valence-electron chi connectivity index (χ1n) is 6.35. The third-order valence-corrected chi connectivity index (χ3v) is 4.82. The maximum absolute atomic E-state index is 9.33. The fourth-order valence-electron chi connectivity index (χ4n) is 2.65. The van der Waals surface area contributed by atoms with E-state index in [4.69, 9.17) is 10.00 Å². The molecule has 0 spiro atoms. The Balaban J connectivity index is 3.09. The van der Waals surface area contributed by atoms with E-state index in [1.54, 1.807) is 7.11 Å². The zero-order valence-corrected chi connectivity index (χ0v) is 11.9. The van der Waals surface area contributed by atoms with Crippen molar-refractivity contribution in [2.75, 3.05) is 7.11 Å². The van der Waals surface area contributed by atoms with Gasteiger partial charge in [0, 0.05) is 12.7 Å². The van der Waals surface area contributed by atoms with Crippen LogP contribution in [0.2, 0.25) is 0 Å². The zero-order chi connectivity index (χ0) is 14.0. The summed E-state index contributed by atoms with van der Waals surface area (Å²) in [6, 6.07) is 4.51. The molecule has 2 atom stereocenters. The van der Waals surface area contributed by atoms with Crippen molar-refractivity contribution in [1.29, 1.82) is 10.5 Å². The number of rotatable bonds is 3. The average Bonchev–Trinajstić information content (AvgIpc) is 2.37. The fourth-order valence-corrected chi connectivity index (χ4v) is 2.65. The standard InChI is InChI=1S/C15H22N2O/c1-14(2,15(3,4)18-5)13-7-6-11(9-16)8-12(13)10-17/h8,12-13H,6-7H2,1-5H3. The third kappa shape index (κ3) is 2.42. The summed E-state index contributed by atoms with van der Waals surface area (Å²) in [6.07, 6.45) is 3.47. The van der Waals surface area contributed by atoms with Crippen LogP contribution in [0.1, 0.15) is 40.5 Å². The van der Waals surface area contributed by atoms with E-state index in [0.717, 1.165) is 18.4 Å². The highest BCUT2D eigenvalue weighted by Crippen LogP contribution is 2.48. The minimum absolute atomic E-state index is 0.125. The van der Waals surface area contributed by atoms with E-state index in [1.807, 2.05) is 6.08 Å². The number of nitriles is 2. The van der Waals surface area contributed by atoms with Crippen molar-refractivity contribution in [3.63, 3.8) is 0 Å². The van der Waals surface area contributed by atoms with Crippen LogP contribution in [0.15, 0.2) is 11.6 Å². The Hall–Kier alpha value is -1.32. The molecule has 1 aliphatic rings. The minimum Gasteiger partial charge on any atom is -0.378 e. The van der Waals surface area contributed by atoms with Crippen LogP contribution in [0.25, 0.3) is 0 Å². The second-order valence-electron chi connectivity index (χ2n) is 6.04. The van der Waals surface area contributed by atoms with E-state index in [9.17, 15) is 5.26 Å². The lowest BCUT2D eigenvalue weighted by molar-refractivity contribution is -0.105. The second-order valence-corrected chi connectivity index (χ2v) is 6.04. The van der Waals surface area contributed by atoms with E-state index in [2.05, 4.69) is 39.8 Å². The lowest BCUT2D eigenvalue weighted by Crippen LogP contribution is -2.48. The predicted molar refractivity (Wildman–Crippen MR) is 70.4 cm³/mol. The number of hydrogen-bond donors (Lipinski definition) is 0. The summed E-state index contributed by atoms with van der Waals surface area (Å²) in [6.45, 7) is 8.42. The van der Waals surface area contributed by atoms with Crippen LogP contribution < -0.4 is 0 Å². The number of methoxy groups -OCH3 is 1. The van der Waals surface area contributed by atoms with Crippen molar-refractivity contribution in [1.82, 2.24) is 0 Å². The normalized spacial score (nSPS) is 24.9. The van der Waals surface area contributed by atoms with Crippen LogP contribution in [-0.4, -0.2) is 12.7 Å². The molecule has 0 N–H and O–H groups in total. The molecule has 0 radical (unpaired) electrons. The highest BCUT2D eigenvalue weighted by atomic mass is 16.5. The van der Waals surface area contributed by atoms with Gasteiger partial charge in [-0.15, -0.1) is 0 Å². The first-order valence-corrected chi connectivity index (χ1v) is 6.35. The van der Waals surface area contributed by atoms with Crippen molar-refractivity contribution in [2.45, 2.75) is 46.1 Å². The molecule has 0 fully saturated rings. The largest absolute Gasteiger partial charge is 0.378 e. The van der Waals surface area contributed by atoms with Gasteiger partial charge < -0.3 is 4.74 Å². The third-order valence-electron chi connectivity index (χ3n) is 4.82. The lowest BCUT2D eigenvalue weighted by Gasteiger charge is -2.48. The molecule has 3 nitrogen and oxygen atoms in total. The molecule has 98 valence electrons. The molecule has 0 amide bonds. The van der Waals surface area contributed by atoms with Gasteiger partial charge in [-0.25, -0.2) is 0 Å². The minimum atomic E-state index is -0.301. The molecule has 0 aliphatic heterocycles. The van der Waals surface area contributed by atoms with Crippen LogP contribution in [0.5, 0.6) is 0 Å². The Labute approximate surface area is 110 Å². The molecule has 1 rings (SSSR count). The SMILES string of the molecule is COC(C)(C)C(C)(C)C1CCC(C#N)=CC1C#N. The zero-order valence-electron chi connectivity index (χ0n) is 11.9. The number of ether oxygens (including phenoxy) is 1. The quantitative estimate of drug-likeness (QED) is 0.766. The van der Waals surface area contributed by atoms with E-state index in [0.29, 0.717) is 0 Å². The molecule has 2 unspecified atom stereocenters. The van der Waals surface area contributed by atoms with Gasteiger partial charge in [-0.05, 0) is 38.0 Å². The van der Waals surface area contributed by atoms with Gasteiger partial charge in [0.1, 0.15) is 0 Å². The van der Waals surface area contributed by atoms with Gasteiger partial charge in [-0.2, -0.15) is 10.5 Å². The smallest absolute Gasteiger partial charge is 0.0944 e. The van der Waals surface area contributed by atoms with Gasteiger partial charge in [-0.3, -0.25) is 0 Å². The summed E-state index contributed by atoms with van der Waals surface area (Å²) >= 11 is 0. The van der Waals surface area contributed by atoms with Gasteiger partial charge >= 0.3 is 0 Å². The molecule has 0 aromatic rings. The first-order chi connectivity index (χ1) is 8.30. The molecule has 0 aromatic carbocycles. The van der Waals surface area contributed by atoms with Gasteiger partial charge in [0.2, 0.25) is 0 Å². The molecule has 18 heavy (non-hydrogen) atoms. The van der Waals surface area contributed by atoms with Crippen molar-refractivity contribution < 1.29 is 4.74 Å². The average molecular weight is 246 g/mol. The molecule has 0 aromatic heterocycles. The van der Waals surface area contributed by atoms with Gasteiger partial charge in [-0.1, -0.05) is 19.9 Å². The van der Waals surface area contributed by atoms with E-state index in [-0.39, 0.29) is 22.9 Å². The van der Waals surface area contributed by atoms with Crippen LogP contribution in [-0.2, 0) is 4.74 Å². The molecule has 1 aliphatic carbocycles. The topological polar surface area (TPSA) is 56.8 Å². The highest BCUT2D eigenvalue weighted by molar-refractivity contribution is 5.27. The summed E-state index contributed by atoms with van der Waals surface area (Å²) in [5.41, 5.74) is 0.313. The molecule has 0 heterocycles. The summed E-state index contributed by atoms with van der Waals surface area (Å²) < 4.78 is 5.61. The van der Waals surface area contributed by atoms with Crippen molar-refractivity contribution in [3.05, 3.63) is 11.6 Å². The van der Waals surface area contributed by atoms with Crippen molar-refractivity contribution in [3.8, 4) is 12.1 Å². The molecule has 0 saturated carbocycles. The second kappa shape index (κ2) is 5.12. The molecular formula is C15H22N2O. The maximum atomic E-state index is 9.33. The predicted octanol–water partition coefficient (Wildman–Crippen LogP) is 3.44. The molecule has 3 heteroatoms. The van der Waals surface area contributed by atoms with E-state index >= 15 is 0 Å². The Morgan fingerprint density at radius 1 is 1.28 bits per heavy atom. The Kier molecular flexibility index (Phi) is 4.20. The Morgan fingerprint density at radius 2 is 1.89 bits per heavy atom. The highest BCUT2D eigenvalue weighted by Gasteiger charge is 2.47.